The number of unbranched alkanes of at least 4 members (excludes halogenated alkanes) is 2. The van der Waals surface area contributed by atoms with Crippen molar-refractivity contribution in [1.82, 2.24) is 0 Å². The third-order valence-corrected chi connectivity index (χ3v) is 1.72. The van der Waals surface area contributed by atoms with Crippen LogP contribution >= 0.6 is 0 Å². The van der Waals surface area contributed by atoms with Gasteiger partial charge in [0.05, 0.1) is 0 Å². The predicted molar refractivity (Wildman–Crippen MR) is 61.2 cm³/mol. The molecule has 0 saturated heterocycles. The molecular weight excluding hydrogens is 208 g/mol. The lowest BCUT2D eigenvalue weighted by atomic mass is 10.2. The summed E-state index contributed by atoms with van der Waals surface area (Å²) in [5.74, 6) is -1.73. The Morgan fingerprint density at radius 3 is 2.25 bits per heavy atom. The van der Waals surface area contributed by atoms with Gasteiger partial charge in [-0.15, -0.1) is 0 Å². The topological polar surface area (TPSA) is 74.6 Å². The van der Waals surface area contributed by atoms with Crippen LogP contribution in [0.5, 0.6) is 0 Å². The molecule has 0 rings (SSSR count). The fourth-order valence-electron chi connectivity index (χ4n) is 0.979. The first-order chi connectivity index (χ1) is 7.63. The molecule has 0 fully saturated rings. The Bertz CT molecular complexity index is 300. The molecule has 0 unspecified atom stereocenters. The quantitative estimate of drug-likeness (QED) is 0.377. The van der Waals surface area contributed by atoms with Crippen molar-refractivity contribution in [2.24, 2.45) is 0 Å². The number of carbonyl (C=O) groups is 2. The molecule has 0 atom stereocenters. The molecule has 0 saturated carbocycles. The van der Waals surface area contributed by atoms with Crippen molar-refractivity contribution < 1.29 is 19.8 Å². The summed E-state index contributed by atoms with van der Waals surface area (Å²) in [7, 11) is 0. The van der Waals surface area contributed by atoms with Crippen LogP contribution in [0.15, 0.2) is 36.5 Å². The maximum Gasteiger partial charge on any atom is 0.328 e. The van der Waals surface area contributed by atoms with Gasteiger partial charge >= 0.3 is 11.9 Å². The first-order valence-electron chi connectivity index (χ1n) is 5.07. The maximum atomic E-state index is 10.2. The zero-order chi connectivity index (χ0) is 12.2. The molecule has 0 aromatic heterocycles. The molecule has 0 aromatic rings. The van der Waals surface area contributed by atoms with Crippen LogP contribution < -0.4 is 0 Å². The summed E-state index contributed by atoms with van der Waals surface area (Å²) >= 11 is 0. The number of carboxylic acids is 2. The van der Waals surface area contributed by atoms with E-state index < -0.39 is 11.9 Å². The van der Waals surface area contributed by atoms with Gasteiger partial charge in [0.1, 0.15) is 0 Å². The fourth-order valence-corrected chi connectivity index (χ4v) is 0.979. The van der Waals surface area contributed by atoms with E-state index >= 15 is 0 Å². The van der Waals surface area contributed by atoms with Crippen molar-refractivity contribution in [2.75, 3.05) is 0 Å². The van der Waals surface area contributed by atoms with Crippen molar-refractivity contribution in [3.63, 3.8) is 0 Å². The van der Waals surface area contributed by atoms with Gasteiger partial charge in [-0.2, -0.15) is 0 Å². The van der Waals surface area contributed by atoms with Crippen molar-refractivity contribution >= 4 is 11.9 Å². The standard InChI is InChI=1S/C12H16O4/c13-11(14)9-7-5-3-1-2-4-6-8-10-12(15)16/h1-3,5,7,9H,4,6,8,10H2,(H,13,14)(H,15,16). The van der Waals surface area contributed by atoms with Crippen LogP contribution in [-0.2, 0) is 9.59 Å². The largest absolute Gasteiger partial charge is 0.481 e. The zero-order valence-electron chi connectivity index (χ0n) is 9.00. The number of hydrogen-bond donors (Lipinski definition) is 2. The molecular formula is C12H16O4. The summed E-state index contributed by atoms with van der Waals surface area (Å²) in [4.78, 5) is 20.3. The third kappa shape index (κ3) is 12.2. The highest BCUT2D eigenvalue weighted by Gasteiger charge is 1.93. The summed E-state index contributed by atoms with van der Waals surface area (Å²) < 4.78 is 0. The van der Waals surface area contributed by atoms with E-state index in [-0.39, 0.29) is 6.42 Å². The van der Waals surface area contributed by atoms with Gasteiger partial charge < -0.3 is 10.2 Å². The summed E-state index contributed by atoms with van der Waals surface area (Å²) in [6.45, 7) is 0. The van der Waals surface area contributed by atoms with Crippen LogP contribution in [0.25, 0.3) is 0 Å². The van der Waals surface area contributed by atoms with Gasteiger partial charge in [0.2, 0.25) is 0 Å². The summed E-state index contributed by atoms with van der Waals surface area (Å²) in [6.07, 6.45) is 12.2. The van der Waals surface area contributed by atoms with Crippen LogP contribution in [0.4, 0.5) is 0 Å². The minimum absolute atomic E-state index is 0.213. The van der Waals surface area contributed by atoms with Crippen LogP contribution in [0.1, 0.15) is 25.7 Å². The lowest BCUT2D eigenvalue weighted by molar-refractivity contribution is -0.137. The molecule has 0 aliphatic rings. The van der Waals surface area contributed by atoms with Gasteiger partial charge in [-0.1, -0.05) is 30.4 Å². The molecule has 4 nitrogen and oxygen atoms in total. The Balaban J connectivity index is 3.47. The number of rotatable bonds is 8. The third-order valence-electron chi connectivity index (χ3n) is 1.72. The predicted octanol–water partition coefficient (Wildman–Crippen LogP) is 2.38. The molecule has 4 heteroatoms. The van der Waals surface area contributed by atoms with Gasteiger partial charge in [-0.05, 0) is 19.3 Å². The van der Waals surface area contributed by atoms with E-state index in [9.17, 15) is 9.59 Å². The van der Waals surface area contributed by atoms with Crippen LogP contribution in [0.2, 0.25) is 0 Å². The van der Waals surface area contributed by atoms with E-state index in [2.05, 4.69) is 0 Å². The van der Waals surface area contributed by atoms with Gasteiger partial charge in [0, 0.05) is 12.5 Å². The Morgan fingerprint density at radius 1 is 0.938 bits per heavy atom. The highest BCUT2D eigenvalue weighted by Crippen LogP contribution is 2.00. The molecule has 0 amide bonds. The maximum absolute atomic E-state index is 10.2. The Labute approximate surface area is 94.6 Å². The van der Waals surface area contributed by atoms with Gasteiger partial charge in [0.15, 0.2) is 0 Å². The van der Waals surface area contributed by atoms with E-state index in [1.807, 2.05) is 12.2 Å². The van der Waals surface area contributed by atoms with E-state index in [4.69, 9.17) is 10.2 Å². The second kappa shape index (κ2) is 9.71. The average Bonchev–Trinajstić information content (AvgIpc) is 2.20. The Hall–Kier alpha value is -1.84. The summed E-state index contributed by atoms with van der Waals surface area (Å²) in [5, 5.41) is 16.6. The fraction of sp³-hybridized carbons (Fsp3) is 0.333. The molecule has 0 bridgehead atoms. The number of aliphatic carboxylic acids is 2. The van der Waals surface area contributed by atoms with Crippen molar-refractivity contribution in [1.29, 1.82) is 0 Å². The smallest absolute Gasteiger partial charge is 0.328 e. The normalized spacial score (nSPS) is 11.8. The highest BCUT2D eigenvalue weighted by molar-refractivity contribution is 5.80. The lowest BCUT2D eigenvalue weighted by Crippen LogP contribution is -1.92. The monoisotopic (exact) mass is 224 g/mol. The molecule has 0 aliphatic heterocycles. The van der Waals surface area contributed by atoms with E-state index in [1.54, 1.807) is 12.2 Å². The van der Waals surface area contributed by atoms with E-state index in [0.717, 1.165) is 18.9 Å². The molecule has 0 radical (unpaired) electrons. The zero-order valence-corrected chi connectivity index (χ0v) is 9.00. The number of hydrogen-bond acceptors (Lipinski definition) is 2. The Kier molecular flexibility index (Phi) is 8.59. The van der Waals surface area contributed by atoms with Crippen molar-refractivity contribution in [3.8, 4) is 0 Å². The number of carboxylic acid groups (broad SMARTS) is 2. The molecule has 0 heterocycles. The lowest BCUT2D eigenvalue weighted by Gasteiger charge is -1.91. The minimum atomic E-state index is -0.970. The summed E-state index contributed by atoms with van der Waals surface area (Å²) in [6, 6.07) is 0. The molecule has 16 heavy (non-hydrogen) atoms. The second-order valence-electron chi connectivity index (χ2n) is 3.15. The van der Waals surface area contributed by atoms with Gasteiger partial charge in [-0.3, -0.25) is 4.79 Å². The SMILES string of the molecule is O=C(O)C=CC=CC=CCCCCC(=O)O. The summed E-state index contributed by atoms with van der Waals surface area (Å²) in [5.41, 5.74) is 0. The average molecular weight is 224 g/mol. The molecule has 0 aromatic carbocycles. The van der Waals surface area contributed by atoms with E-state index in [1.165, 1.54) is 6.08 Å². The van der Waals surface area contributed by atoms with Gasteiger partial charge in [-0.25, -0.2) is 4.79 Å². The first kappa shape index (κ1) is 14.2. The molecule has 2 N–H and O–H groups in total. The van der Waals surface area contributed by atoms with Crippen molar-refractivity contribution in [2.45, 2.75) is 25.7 Å². The van der Waals surface area contributed by atoms with Crippen LogP contribution in [0.3, 0.4) is 0 Å². The minimum Gasteiger partial charge on any atom is -0.481 e. The molecule has 0 spiro atoms. The van der Waals surface area contributed by atoms with Gasteiger partial charge in [0.25, 0.3) is 0 Å². The molecule has 0 aliphatic carbocycles. The highest BCUT2D eigenvalue weighted by atomic mass is 16.4. The molecule has 88 valence electrons. The van der Waals surface area contributed by atoms with Crippen molar-refractivity contribution in [3.05, 3.63) is 36.5 Å². The number of allylic oxidation sites excluding steroid dienone is 5. The second-order valence-corrected chi connectivity index (χ2v) is 3.15. The van der Waals surface area contributed by atoms with Crippen LogP contribution in [0, 0.1) is 0 Å². The first-order valence-corrected chi connectivity index (χ1v) is 5.07. The van der Waals surface area contributed by atoms with Crippen LogP contribution in [-0.4, -0.2) is 22.2 Å². The van der Waals surface area contributed by atoms with E-state index in [0.29, 0.717) is 6.42 Å². The Morgan fingerprint density at radius 2 is 1.62 bits per heavy atom.